The van der Waals surface area contributed by atoms with Crippen molar-refractivity contribution in [3.05, 3.63) is 47.9 Å². The number of nitrogens with one attached hydrogen (secondary N) is 1. The van der Waals surface area contributed by atoms with Crippen LogP contribution in [0.15, 0.2) is 35.8 Å². The predicted molar refractivity (Wildman–Crippen MR) is 124 cm³/mol. The third-order valence-corrected chi connectivity index (χ3v) is 6.13. The average Bonchev–Trinajstić information content (AvgIpc) is 3.48. The Morgan fingerprint density at radius 1 is 1.27 bits per heavy atom. The standard InChI is InChI=1S/C23H29FN8O/c1-5-33-22-28-21-19(23(2,3)29-22)27-20(16-8-17(24)11-25-10-16)31(21)12-15-9-26-32(13-15)18-6-7-30(4)14-18/h8-11,13,18H,5-7,12,14H2,1-4H3,(H,28,29). The summed E-state index contributed by atoms with van der Waals surface area (Å²) in [6.07, 6.45) is 7.89. The molecule has 5 heterocycles. The summed E-state index contributed by atoms with van der Waals surface area (Å²) in [6, 6.07) is 2.28. The number of rotatable bonds is 5. The van der Waals surface area contributed by atoms with Gasteiger partial charge in [-0.1, -0.05) is 0 Å². The smallest absolute Gasteiger partial charge is 0.291 e. The number of likely N-dealkylation sites (N-methyl/N-ethyl adjacent to an activating group) is 1. The summed E-state index contributed by atoms with van der Waals surface area (Å²) in [5.41, 5.74) is 1.81. The van der Waals surface area contributed by atoms with Gasteiger partial charge >= 0.3 is 0 Å². The van der Waals surface area contributed by atoms with E-state index in [0.717, 1.165) is 36.6 Å². The number of aromatic nitrogens is 5. The highest BCUT2D eigenvalue weighted by atomic mass is 19.1. The SMILES string of the molecule is CCOC1=NC(C)(C)c2nc(-c3cncc(F)c3)n(Cc3cnn(C4CCN(C)C4)c3)c2N1. The molecule has 0 amide bonds. The van der Waals surface area contributed by atoms with Crippen LogP contribution in [0.3, 0.4) is 0 Å². The first-order valence-electron chi connectivity index (χ1n) is 11.3. The number of aliphatic imine (C=N–C) groups is 1. The molecule has 10 heteroatoms. The Kier molecular flexibility index (Phi) is 5.40. The van der Waals surface area contributed by atoms with E-state index in [1.54, 1.807) is 6.20 Å². The average molecular weight is 453 g/mol. The third-order valence-electron chi connectivity index (χ3n) is 6.13. The minimum absolute atomic E-state index is 0.376. The fraction of sp³-hybridized carbons (Fsp3) is 0.478. The molecule has 0 bridgehead atoms. The topological polar surface area (TPSA) is 85.4 Å². The van der Waals surface area contributed by atoms with Crippen molar-refractivity contribution in [2.75, 3.05) is 32.1 Å². The van der Waals surface area contributed by atoms with Crippen LogP contribution in [-0.2, 0) is 16.8 Å². The lowest BCUT2D eigenvalue weighted by Crippen LogP contribution is -2.31. The Hall–Kier alpha value is -3.27. The van der Waals surface area contributed by atoms with Gasteiger partial charge in [-0.05, 0) is 46.9 Å². The molecule has 1 unspecified atom stereocenters. The largest absolute Gasteiger partial charge is 0.465 e. The Bertz CT molecular complexity index is 1200. The molecule has 9 nitrogen and oxygen atoms in total. The molecule has 0 saturated carbocycles. The van der Waals surface area contributed by atoms with Gasteiger partial charge in [0.1, 0.15) is 28.7 Å². The Labute approximate surface area is 192 Å². The molecular weight excluding hydrogens is 423 g/mol. The minimum Gasteiger partial charge on any atom is -0.465 e. The van der Waals surface area contributed by atoms with Crippen molar-refractivity contribution in [2.24, 2.45) is 4.99 Å². The van der Waals surface area contributed by atoms with E-state index in [2.05, 4.69) is 43.2 Å². The van der Waals surface area contributed by atoms with Crippen molar-refractivity contribution >= 4 is 11.8 Å². The first-order valence-corrected chi connectivity index (χ1v) is 11.3. The van der Waals surface area contributed by atoms with Crippen LogP contribution in [0.4, 0.5) is 10.2 Å². The van der Waals surface area contributed by atoms with Gasteiger partial charge in [0.25, 0.3) is 6.02 Å². The van der Waals surface area contributed by atoms with Gasteiger partial charge in [-0.15, -0.1) is 0 Å². The molecule has 0 radical (unpaired) electrons. The highest BCUT2D eigenvalue weighted by molar-refractivity contribution is 5.92. The van der Waals surface area contributed by atoms with E-state index < -0.39 is 11.4 Å². The van der Waals surface area contributed by atoms with Gasteiger partial charge in [0.15, 0.2) is 0 Å². The van der Waals surface area contributed by atoms with E-state index >= 15 is 0 Å². The van der Waals surface area contributed by atoms with Gasteiger partial charge in [0, 0.05) is 30.1 Å². The number of likely N-dealkylation sites (tertiary alicyclic amines) is 1. The van der Waals surface area contributed by atoms with Crippen molar-refractivity contribution < 1.29 is 9.13 Å². The number of hydrogen-bond donors (Lipinski definition) is 1. The number of nitrogens with zero attached hydrogens (tertiary/aromatic N) is 7. The van der Waals surface area contributed by atoms with Crippen LogP contribution in [0, 0.1) is 5.82 Å². The number of pyridine rings is 1. The molecule has 174 valence electrons. The van der Waals surface area contributed by atoms with Gasteiger partial charge < -0.3 is 14.2 Å². The van der Waals surface area contributed by atoms with Gasteiger partial charge in [-0.3, -0.25) is 15.0 Å². The maximum absolute atomic E-state index is 14.0. The number of halogens is 1. The second-order valence-electron chi connectivity index (χ2n) is 9.18. The van der Waals surface area contributed by atoms with E-state index in [0.29, 0.717) is 36.6 Å². The fourth-order valence-electron chi connectivity index (χ4n) is 4.52. The minimum atomic E-state index is -0.607. The lowest BCUT2D eigenvalue weighted by Gasteiger charge is -2.27. The van der Waals surface area contributed by atoms with Crippen molar-refractivity contribution in [3.63, 3.8) is 0 Å². The van der Waals surface area contributed by atoms with Gasteiger partial charge in [0.05, 0.1) is 31.6 Å². The van der Waals surface area contributed by atoms with E-state index in [1.165, 1.54) is 12.3 Å². The van der Waals surface area contributed by atoms with Crippen molar-refractivity contribution in [1.82, 2.24) is 29.2 Å². The first kappa shape index (κ1) is 21.6. The number of amidine groups is 1. The zero-order valence-electron chi connectivity index (χ0n) is 19.4. The summed E-state index contributed by atoms with van der Waals surface area (Å²) in [5.74, 6) is 0.997. The van der Waals surface area contributed by atoms with Gasteiger partial charge in [-0.25, -0.2) is 14.4 Å². The third kappa shape index (κ3) is 4.10. The summed E-state index contributed by atoms with van der Waals surface area (Å²) in [4.78, 5) is 15.9. The molecule has 1 saturated heterocycles. The van der Waals surface area contributed by atoms with E-state index in [4.69, 9.17) is 9.72 Å². The molecule has 0 aromatic carbocycles. The molecular formula is C23H29FN8O. The number of imidazole rings is 1. The highest BCUT2D eigenvalue weighted by Gasteiger charge is 2.36. The molecule has 1 N–H and O–H groups in total. The predicted octanol–water partition coefficient (Wildman–Crippen LogP) is 3.26. The molecule has 1 fully saturated rings. The van der Waals surface area contributed by atoms with Crippen molar-refractivity contribution in [2.45, 2.75) is 45.3 Å². The molecule has 2 aliphatic rings. The Morgan fingerprint density at radius 3 is 2.85 bits per heavy atom. The summed E-state index contributed by atoms with van der Waals surface area (Å²) in [6.45, 7) is 8.98. The monoisotopic (exact) mass is 452 g/mol. The maximum atomic E-state index is 14.0. The Morgan fingerprint density at radius 2 is 2.12 bits per heavy atom. The number of fused-ring (bicyclic) bond motifs is 1. The molecule has 0 spiro atoms. The second-order valence-corrected chi connectivity index (χ2v) is 9.18. The molecule has 33 heavy (non-hydrogen) atoms. The van der Waals surface area contributed by atoms with Crippen LogP contribution in [0.2, 0.25) is 0 Å². The lowest BCUT2D eigenvalue weighted by atomic mass is 10.0. The van der Waals surface area contributed by atoms with Crippen LogP contribution in [0.1, 0.15) is 44.5 Å². The number of hydrogen-bond acceptors (Lipinski definition) is 7. The quantitative estimate of drug-likeness (QED) is 0.640. The number of ether oxygens (including phenoxy) is 1. The van der Waals surface area contributed by atoms with E-state index in [9.17, 15) is 4.39 Å². The van der Waals surface area contributed by atoms with Gasteiger partial charge in [0.2, 0.25) is 0 Å². The summed E-state index contributed by atoms with van der Waals surface area (Å²) < 4.78 is 23.8. The second kappa shape index (κ2) is 8.26. The van der Waals surface area contributed by atoms with E-state index in [1.807, 2.05) is 31.5 Å². The fourth-order valence-corrected chi connectivity index (χ4v) is 4.52. The summed E-state index contributed by atoms with van der Waals surface area (Å²) >= 11 is 0. The summed E-state index contributed by atoms with van der Waals surface area (Å²) in [7, 11) is 2.13. The van der Waals surface area contributed by atoms with Crippen molar-refractivity contribution in [1.29, 1.82) is 0 Å². The zero-order chi connectivity index (χ0) is 23.2. The molecule has 3 aromatic rings. The molecule has 5 rings (SSSR count). The van der Waals surface area contributed by atoms with Crippen LogP contribution in [0.5, 0.6) is 0 Å². The van der Waals surface area contributed by atoms with Crippen LogP contribution in [-0.4, -0.2) is 62.0 Å². The van der Waals surface area contributed by atoms with Gasteiger partial charge in [-0.2, -0.15) is 5.10 Å². The molecule has 0 aliphatic carbocycles. The number of anilines is 1. The molecule has 1 atom stereocenters. The Balaban J connectivity index is 1.56. The lowest BCUT2D eigenvalue weighted by molar-refractivity contribution is 0.315. The van der Waals surface area contributed by atoms with Crippen molar-refractivity contribution in [3.8, 4) is 11.4 Å². The van der Waals surface area contributed by atoms with Crippen LogP contribution in [0.25, 0.3) is 11.4 Å². The molecule has 2 aliphatic heterocycles. The first-order chi connectivity index (χ1) is 15.8. The van der Waals surface area contributed by atoms with Crippen LogP contribution >= 0.6 is 0 Å². The normalized spacial score (nSPS) is 19.8. The maximum Gasteiger partial charge on any atom is 0.291 e. The van der Waals surface area contributed by atoms with E-state index in [-0.39, 0.29) is 0 Å². The zero-order valence-corrected chi connectivity index (χ0v) is 19.4. The highest BCUT2D eigenvalue weighted by Crippen LogP contribution is 2.38. The molecule has 3 aromatic heterocycles. The van der Waals surface area contributed by atoms with Crippen LogP contribution < -0.4 is 5.32 Å². The summed E-state index contributed by atoms with van der Waals surface area (Å²) in [5, 5.41) is 7.92.